The number of ketones is 2. The molecule has 33 heavy (non-hydrogen) atoms. The molecule has 1 aromatic rings. The molecule has 0 spiro atoms. The number of allylic oxidation sites excluding steroid dienone is 2. The van der Waals surface area contributed by atoms with Crippen molar-refractivity contribution >= 4 is 11.6 Å². The van der Waals surface area contributed by atoms with Crippen LogP contribution in [0.4, 0.5) is 13.2 Å². The summed E-state index contributed by atoms with van der Waals surface area (Å²) in [5, 5.41) is 3.34. The summed E-state index contributed by atoms with van der Waals surface area (Å²) in [7, 11) is 0. The highest BCUT2D eigenvalue weighted by molar-refractivity contribution is 5.87. The van der Waals surface area contributed by atoms with Crippen LogP contribution in [0.1, 0.15) is 82.7 Å². The molecule has 1 aromatic heterocycles. The fourth-order valence-electron chi connectivity index (χ4n) is 4.94. The van der Waals surface area contributed by atoms with Crippen LogP contribution in [0, 0.1) is 18.3 Å². The number of carbonyl (C=O) groups excluding carboxylic acids is 2. The van der Waals surface area contributed by atoms with E-state index in [1.165, 1.54) is 11.6 Å². The number of nitrogens with zero attached hydrogens (tertiary/aromatic N) is 1. The molecule has 0 radical (unpaired) electrons. The van der Waals surface area contributed by atoms with Gasteiger partial charge in [0.2, 0.25) is 0 Å². The van der Waals surface area contributed by atoms with Gasteiger partial charge in [0.15, 0.2) is 5.78 Å². The van der Waals surface area contributed by atoms with Crippen LogP contribution in [0.5, 0.6) is 0 Å². The van der Waals surface area contributed by atoms with E-state index in [2.05, 4.69) is 37.1 Å². The molecule has 1 saturated heterocycles. The first-order chi connectivity index (χ1) is 15.4. The molecule has 2 aliphatic rings. The maximum atomic E-state index is 13.0. The van der Waals surface area contributed by atoms with Crippen LogP contribution in [-0.4, -0.2) is 28.6 Å². The van der Waals surface area contributed by atoms with Crippen molar-refractivity contribution in [3.8, 4) is 0 Å². The van der Waals surface area contributed by atoms with Gasteiger partial charge in [-0.25, -0.2) is 4.98 Å². The van der Waals surface area contributed by atoms with Crippen molar-refractivity contribution in [3.05, 3.63) is 40.7 Å². The molecule has 4 atom stereocenters. The van der Waals surface area contributed by atoms with Crippen LogP contribution in [0.25, 0.3) is 0 Å². The molecule has 1 N–H and O–H groups in total. The second-order valence-corrected chi connectivity index (χ2v) is 10.4. The third-order valence-electron chi connectivity index (χ3n) is 7.12. The highest BCUT2D eigenvalue weighted by Crippen LogP contribution is 2.57. The van der Waals surface area contributed by atoms with Gasteiger partial charge in [0, 0.05) is 18.9 Å². The summed E-state index contributed by atoms with van der Waals surface area (Å²) in [5.41, 5.74) is 1.08. The van der Waals surface area contributed by atoms with Crippen molar-refractivity contribution in [1.82, 2.24) is 10.3 Å². The first kappa shape index (κ1) is 25.6. The molecule has 0 amide bonds. The number of nitrogens with one attached hydrogen (secondary N) is 1. The van der Waals surface area contributed by atoms with Crippen molar-refractivity contribution in [1.29, 1.82) is 0 Å². The second kappa shape index (κ2) is 10.1. The zero-order valence-electron chi connectivity index (χ0n) is 20.0. The van der Waals surface area contributed by atoms with E-state index in [9.17, 15) is 22.8 Å². The van der Waals surface area contributed by atoms with Gasteiger partial charge in [0.05, 0.1) is 18.2 Å². The van der Waals surface area contributed by atoms with Gasteiger partial charge < -0.3 is 5.32 Å². The molecule has 3 rings (SSSR count). The number of hydrogen-bond donors (Lipinski definition) is 1. The van der Waals surface area contributed by atoms with Gasteiger partial charge in [-0.3, -0.25) is 9.59 Å². The molecule has 1 saturated carbocycles. The quantitative estimate of drug-likeness (QED) is 0.423. The summed E-state index contributed by atoms with van der Waals surface area (Å²) in [4.78, 5) is 29.0. The predicted octanol–water partition coefficient (Wildman–Crippen LogP) is 5.76. The Morgan fingerprint density at radius 3 is 2.67 bits per heavy atom. The number of piperidine rings is 1. The number of halogens is 3. The van der Waals surface area contributed by atoms with Crippen molar-refractivity contribution in [2.75, 3.05) is 0 Å². The largest absolute Gasteiger partial charge is 0.433 e. The maximum absolute atomic E-state index is 13.0. The Morgan fingerprint density at radius 2 is 2.00 bits per heavy atom. The minimum Gasteiger partial charge on any atom is -0.304 e. The molecule has 0 bridgehead atoms. The smallest absolute Gasteiger partial charge is 0.304 e. The van der Waals surface area contributed by atoms with E-state index in [-0.39, 0.29) is 41.2 Å². The van der Waals surface area contributed by atoms with Crippen LogP contribution in [0.15, 0.2) is 23.8 Å². The average Bonchev–Trinajstić information content (AvgIpc) is 3.26. The monoisotopic (exact) mass is 464 g/mol. The van der Waals surface area contributed by atoms with Gasteiger partial charge in [-0.15, -0.1) is 0 Å². The Hall–Kier alpha value is -2.02. The molecule has 0 aromatic carbocycles. The Morgan fingerprint density at radius 1 is 1.27 bits per heavy atom. The van der Waals surface area contributed by atoms with E-state index in [0.717, 1.165) is 31.7 Å². The minimum absolute atomic E-state index is 0.0163. The Labute approximate surface area is 194 Å². The Bertz CT molecular complexity index is 921. The lowest BCUT2D eigenvalue weighted by molar-refractivity contribution is -0.141. The molecular formula is C26H35F3N2O2. The Balaban J connectivity index is 1.48. The van der Waals surface area contributed by atoms with Crippen LogP contribution >= 0.6 is 0 Å². The van der Waals surface area contributed by atoms with E-state index < -0.39 is 11.9 Å². The molecule has 4 nitrogen and oxygen atoms in total. The first-order valence-corrected chi connectivity index (χ1v) is 11.9. The zero-order valence-corrected chi connectivity index (χ0v) is 20.0. The SMILES string of the molecule is CC(C)=CCC[C@H](C)CC(=O)CC[C@@]12C[C@@H](C(=O)Cc3nc(C(F)(F)F)ccc3C)N[C@@H]1C2. The van der Waals surface area contributed by atoms with Crippen molar-refractivity contribution in [2.24, 2.45) is 11.3 Å². The van der Waals surface area contributed by atoms with E-state index in [1.807, 2.05) is 0 Å². The number of pyridine rings is 1. The summed E-state index contributed by atoms with van der Waals surface area (Å²) in [6.07, 6.45) is 3.06. The molecule has 2 fully saturated rings. The normalized spacial score (nSPS) is 24.8. The molecule has 1 aliphatic carbocycles. The van der Waals surface area contributed by atoms with Gasteiger partial charge in [0.25, 0.3) is 0 Å². The minimum atomic E-state index is -4.53. The molecule has 0 unspecified atom stereocenters. The van der Waals surface area contributed by atoms with Crippen molar-refractivity contribution in [2.45, 2.75) is 97.3 Å². The van der Waals surface area contributed by atoms with E-state index in [0.29, 0.717) is 30.7 Å². The number of rotatable bonds is 11. The average molecular weight is 465 g/mol. The molecule has 1 aliphatic heterocycles. The summed E-state index contributed by atoms with van der Waals surface area (Å²) in [5.74, 6) is 0.508. The number of aryl methyl sites for hydroxylation is 1. The highest BCUT2D eigenvalue weighted by atomic mass is 19.4. The number of fused-ring (bicyclic) bond motifs is 1. The third-order valence-corrected chi connectivity index (χ3v) is 7.12. The zero-order chi connectivity index (χ0) is 24.4. The van der Waals surface area contributed by atoms with Crippen LogP contribution in [0.3, 0.4) is 0 Å². The second-order valence-electron chi connectivity index (χ2n) is 10.4. The fourth-order valence-corrected chi connectivity index (χ4v) is 4.94. The molecule has 182 valence electrons. The van der Waals surface area contributed by atoms with Gasteiger partial charge >= 0.3 is 6.18 Å². The van der Waals surface area contributed by atoms with Crippen molar-refractivity contribution in [3.63, 3.8) is 0 Å². The lowest BCUT2D eigenvalue weighted by Gasteiger charge is -2.17. The lowest BCUT2D eigenvalue weighted by atomic mass is 9.89. The summed E-state index contributed by atoms with van der Waals surface area (Å²) in [6.45, 7) is 7.94. The van der Waals surface area contributed by atoms with Gasteiger partial charge in [-0.1, -0.05) is 24.6 Å². The van der Waals surface area contributed by atoms with Gasteiger partial charge in [0.1, 0.15) is 11.5 Å². The topological polar surface area (TPSA) is 59.1 Å². The lowest BCUT2D eigenvalue weighted by Crippen LogP contribution is -2.35. The van der Waals surface area contributed by atoms with E-state index in [4.69, 9.17) is 0 Å². The van der Waals surface area contributed by atoms with Crippen LogP contribution < -0.4 is 5.32 Å². The van der Waals surface area contributed by atoms with Crippen LogP contribution in [-0.2, 0) is 22.2 Å². The summed E-state index contributed by atoms with van der Waals surface area (Å²) in [6, 6.07) is 2.16. The summed E-state index contributed by atoms with van der Waals surface area (Å²) >= 11 is 0. The standard InChI is InChI=1S/C26H35F3N2O2/c1-16(2)6-5-7-17(3)12-19(32)10-11-25-14-21(31-24(25)15-25)22(33)13-20-18(4)8-9-23(30-20)26(27,28)29/h6,8-9,17,21,24,31H,5,7,10-15H2,1-4H3/t17-,21-,24+,25-/m0/s1. The highest BCUT2D eigenvalue weighted by Gasteiger charge is 2.60. The number of Topliss-reactive ketones (excluding diaryl/α,β-unsaturated/α-hetero) is 2. The maximum Gasteiger partial charge on any atom is 0.433 e. The van der Waals surface area contributed by atoms with Gasteiger partial charge in [-0.05, 0) is 75.8 Å². The predicted molar refractivity (Wildman–Crippen MR) is 122 cm³/mol. The van der Waals surface area contributed by atoms with E-state index in [1.54, 1.807) is 6.92 Å². The number of hydrogen-bond acceptors (Lipinski definition) is 4. The summed E-state index contributed by atoms with van der Waals surface area (Å²) < 4.78 is 38.9. The van der Waals surface area contributed by atoms with Gasteiger partial charge in [-0.2, -0.15) is 13.2 Å². The number of alkyl halides is 3. The molecule has 7 heteroatoms. The van der Waals surface area contributed by atoms with Crippen LogP contribution in [0.2, 0.25) is 0 Å². The molecular weight excluding hydrogens is 429 g/mol. The molecule has 2 heterocycles. The Kier molecular flexibility index (Phi) is 7.82. The third kappa shape index (κ3) is 6.75. The first-order valence-electron chi connectivity index (χ1n) is 11.9. The number of aromatic nitrogens is 1. The fraction of sp³-hybridized carbons (Fsp3) is 0.654. The number of carbonyl (C=O) groups is 2. The van der Waals surface area contributed by atoms with E-state index >= 15 is 0 Å². The van der Waals surface area contributed by atoms with Crippen molar-refractivity contribution < 1.29 is 22.8 Å².